The molecule has 0 aliphatic carbocycles. The summed E-state index contributed by atoms with van der Waals surface area (Å²) in [6, 6.07) is 12.4. The number of aryl methyl sites for hydroxylation is 1. The molecule has 0 bridgehead atoms. The molecule has 0 N–H and O–H groups in total. The lowest BCUT2D eigenvalue weighted by molar-refractivity contribution is -0.139. The van der Waals surface area contributed by atoms with Crippen molar-refractivity contribution in [2.24, 2.45) is 0 Å². The van der Waals surface area contributed by atoms with Gasteiger partial charge in [-0.15, -0.1) is 0 Å². The van der Waals surface area contributed by atoms with Crippen LogP contribution in [0.5, 0.6) is 5.75 Å². The molecule has 5 rings (SSSR count). The fourth-order valence-electron chi connectivity index (χ4n) is 4.30. The summed E-state index contributed by atoms with van der Waals surface area (Å²) in [6.45, 7) is 2.99. The topological polar surface area (TPSA) is 79.8 Å². The van der Waals surface area contributed by atoms with Gasteiger partial charge >= 0.3 is 0 Å². The van der Waals surface area contributed by atoms with Gasteiger partial charge in [0.2, 0.25) is 10.0 Å². The Morgan fingerprint density at radius 1 is 1.12 bits per heavy atom. The Morgan fingerprint density at radius 2 is 1.91 bits per heavy atom. The molecule has 7 nitrogen and oxygen atoms in total. The molecular formula is C23H22ClN3O4S. The maximum absolute atomic E-state index is 13.3. The molecular weight excluding hydrogens is 450 g/mol. The first-order valence-electron chi connectivity index (χ1n) is 10.4. The van der Waals surface area contributed by atoms with Crippen LogP contribution in [-0.4, -0.2) is 60.8 Å². The van der Waals surface area contributed by atoms with Gasteiger partial charge in [0.05, 0.1) is 5.52 Å². The smallest absolute Gasteiger partial charge is 0.264 e. The van der Waals surface area contributed by atoms with Crippen LogP contribution < -0.4 is 4.74 Å². The van der Waals surface area contributed by atoms with Gasteiger partial charge in [-0.25, -0.2) is 8.42 Å². The molecule has 9 heteroatoms. The van der Waals surface area contributed by atoms with Crippen molar-refractivity contribution < 1.29 is 17.9 Å². The number of hydrogen-bond donors (Lipinski definition) is 0. The largest absolute Gasteiger partial charge is 0.480 e. The summed E-state index contributed by atoms with van der Waals surface area (Å²) in [5.41, 5.74) is 2.35. The van der Waals surface area contributed by atoms with Crippen molar-refractivity contribution in [1.29, 1.82) is 0 Å². The van der Waals surface area contributed by atoms with E-state index >= 15 is 0 Å². The van der Waals surface area contributed by atoms with E-state index in [2.05, 4.69) is 4.98 Å². The zero-order chi connectivity index (χ0) is 22.5. The predicted molar refractivity (Wildman–Crippen MR) is 121 cm³/mol. The van der Waals surface area contributed by atoms with Crippen LogP contribution >= 0.6 is 11.6 Å². The van der Waals surface area contributed by atoms with Gasteiger partial charge in [0, 0.05) is 49.2 Å². The summed E-state index contributed by atoms with van der Waals surface area (Å²) in [6.07, 6.45) is 1.54. The second kappa shape index (κ2) is 8.03. The van der Waals surface area contributed by atoms with E-state index in [9.17, 15) is 13.2 Å². The summed E-state index contributed by atoms with van der Waals surface area (Å²) in [5.74, 6) is 0.546. The van der Waals surface area contributed by atoms with Crippen LogP contribution in [0, 0.1) is 6.92 Å². The van der Waals surface area contributed by atoms with E-state index in [0.717, 1.165) is 16.5 Å². The second-order valence-electron chi connectivity index (χ2n) is 8.13. The first-order chi connectivity index (χ1) is 15.3. The van der Waals surface area contributed by atoms with Gasteiger partial charge in [-0.05, 0) is 48.4 Å². The fourth-order valence-corrected chi connectivity index (χ4v) is 6.08. The van der Waals surface area contributed by atoms with E-state index in [0.29, 0.717) is 35.8 Å². The van der Waals surface area contributed by atoms with Gasteiger partial charge in [0.15, 0.2) is 6.10 Å². The first-order valence-corrected chi connectivity index (χ1v) is 12.2. The average Bonchev–Trinajstić information content (AvgIpc) is 3.21. The average molecular weight is 472 g/mol. The summed E-state index contributed by atoms with van der Waals surface area (Å²) >= 11 is 6.03. The molecule has 0 spiro atoms. The van der Waals surface area contributed by atoms with Crippen molar-refractivity contribution in [3.8, 4) is 5.75 Å². The maximum atomic E-state index is 13.3. The highest BCUT2D eigenvalue weighted by Gasteiger charge is 2.36. The maximum Gasteiger partial charge on any atom is 0.264 e. The van der Waals surface area contributed by atoms with Crippen molar-refractivity contribution in [1.82, 2.24) is 14.2 Å². The molecule has 1 unspecified atom stereocenters. The molecule has 0 radical (unpaired) electrons. The van der Waals surface area contributed by atoms with Crippen LogP contribution in [0.1, 0.15) is 11.1 Å². The molecule has 2 aromatic carbocycles. The third kappa shape index (κ3) is 3.72. The zero-order valence-corrected chi connectivity index (χ0v) is 19.1. The minimum Gasteiger partial charge on any atom is -0.480 e. The minimum atomic E-state index is -3.73. The molecule has 1 amide bonds. The number of para-hydroxylation sites is 1. The molecule has 1 saturated heterocycles. The van der Waals surface area contributed by atoms with Gasteiger partial charge < -0.3 is 9.64 Å². The highest BCUT2D eigenvalue weighted by Crippen LogP contribution is 2.32. The Hall–Kier alpha value is -2.68. The lowest BCUT2D eigenvalue weighted by atomic mass is 10.1. The highest BCUT2D eigenvalue weighted by atomic mass is 35.5. The van der Waals surface area contributed by atoms with Gasteiger partial charge in [0.25, 0.3) is 5.91 Å². The van der Waals surface area contributed by atoms with Crippen LogP contribution in [0.25, 0.3) is 10.9 Å². The van der Waals surface area contributed by atoms with Gasteiger partial charge in [-0.1, -0.05) is 23.7 Å². The minimum absolute atomic E-state index is 0.128. The molecule has 32 heavy (non-hydrogen) atoms. The number of carbonyl (C=O) groups is 1. The van der Waals surface area contributed by atoms with Crippen molar-refractivity contribution in [2.75, 3.05) is 26.2 Å². The monoisotopic (exact) mass is 471 g/mol. The van der Waals surface area contributed by atoms with E-state index in [4.69, 9.17) is 16.3 Å². The number of piperazine rings is 1. The van der Waals surface area contributed by atoms with E-state index < -0.39 is 16.1 Å². The lowest BCUT2D eigenvalue weighted by Gasteiger charge is -2.35. The van der Waals surface area contributed by atoms with Crippen LogP contribution in [0.3, 0.4) is 0 Å². The van der Waals surface area contributed by atoms with Crippen molar-refractivity contribution in [2.45, 2.75) is 24.3 Å². The Balaban J connectivity index is 1.29. The molecule has 1 atom stereocenters. The molecule has 2 aliphatic rings. The summed E-state index contributed by atoms with van der Waals surface area (Å²) in [5, 5.41) is 1.40. The number of fused-ring (bicyclic) bond motifs is 2. The Bertz CT molecular complexity index is 1320. The number of rotatable bonds is 3. The van der Waals surface area contributed by atoms with Crippen LogP contribution in [-0.2, 0) is 21.2 Å². The van der Waals surface area contributed by atoms with Gasteiger partial charge in [-0.3, -0.25) is 9.78 Å². The number of nitrogens with zero attached hydrogens (tertiary/aromatic N) is 3. The number of hydrogen-bond acceptors (Lipinski definition) is 5. The fraction of sp³-hybridized carbons (Fsp3) is 0.304. The van der Waals surface area contributed by atoms with E-state index in [1.54, 1.807) is 35.4 Å². The molecule has 2 aliphatic heterocycles. The SMILES string of the molecule is Cc1cnc2c(S(=O)(=O)N3CCN(C(=O)C4Cc5cc(Cl)ccc5O4)CC3)cccc2c1. The van der Waals surface area contributed by atoms with Crippen molar-refractivity contribution in [3.05, 3.63) is 64.8 Å². The number of sulfonamides is 1. The number of carbonyl (C=O) groups excluding carboxylic acids is 1. The van der Waals surface area contributed by atoms with Crippen LogP contribution in [0.15, 0.2) is 53.6 Å². The zero-order valence-electron chi connectivity index (χ0n) is 17.5. The molecule has 166 valence electrons. The van der Waals surface area contributed by atoms with Crippen molar-refractivity contribution >= 4 is 38.4 Å². The molecule has 1 aromatic heterocycles. The normalized spacial score (nSPS) is 19.1. The van der Waals surface area contributed by atoms with Crippen molar-refractivity contribution in [3.63, 3.8) is 0 Å². The van der Waals surface area contributed by atoms with E-state index in [-0.39, 0.29) is 23.9 Å². The third-order valence-corrected chi connectivity index (χ3v) is 8.12. The lowest BCUT2D eigenvalue weighted by Crippen LogP contribution is -2.53. The Kier molecular flexibility index (Phi) is 5.31. The summed E-state index contributed by atoms with van der Waals surface area (Å²) in [7, 11) is -3.73. The number of amides is 1. The Labute approximate surface area is 191 Å². The molecule has 3 aromatic rings. The third-order valence-electron chi connectivity index (χ3n) is 5.95. The number of pyridine rings is 1. The quantitative estimate of drug-likeness (QED) is 0.586. The van der Waals surface area contributed by atoms with Crippen LogP contribution in [0.2, 0.25) is 5.02 Å². The summed E-state index contributed by atoms with van der Waals surface area (Å²) in [4.78, 5) is 19.2. The molecule has 3 heterocycles. The van der Waals surface area contributed by atoms with Crippen LogP contribution in [0.4, 0.5) is 0 Å². The van der Waals surface area contributed by atoms with E-state index in [1.807, 2.05) is 25.1 Å². The number of halogens is 1. The molecule has 1 fully saturated rings. The standard InChI is InChI=1S/C23H22ClN3O4S/c1-15-11-16-3-2-4-21(22(16)25-14-15)32(29,30)27-9-7-26(8-10-27)23(28)20-13-17-12-18(24)5-6-19(17)31-20/h2-6,11-12,14,20H,7-10,13H2,1H3. The van der Waals surface area contributed by atoms with E-state index in [1.165, 1.54) is 4.31 Å². The number of aromatic nitrogens is 1. The number of benzene rings is 2. The first kappa shape index (κ1) is 21.2. The second-order valence-corrected chi connectivity index (χ2v) is 10.5. The Morgan fingerprint density at radius 3 is 2.69 bits per heavy atom. The molecule has 0 saturated carbocycles. The number of ether oxygens (including phenoxy) is 1. The highest BCUT2D eigenvalue weighted by molar-refractivity contribution is 7.89. The predicted octanol–water partition coefficient (Wildman–Crippen LogP) is 3.03. The summed E-state index contributed by atoms with van der Waals surface area (Å²) < 4.78 is 33.9. The van der Waals surface area contributed by atoms with Gasteiger partial charge in [0.1, 0.15) is 10.6 Å². The van der Waals surface area contributed by atoms with Gasteiger partial charge in [-0.2, -0.15) is 4.31 Å².